The van der Waals surface area contributed by atoms with Crippen molar-refractivity contribution < 1.29 is 31.8 Å². The van der Waals surface area contributed by atoms with Crippen molar-refractivity contribution in [1.29, 1.82) is 0 Å². The predicted molar refractivity (Wildman–Crippen MR) is 82.1 cm³/mol. The SMILES string of the molecule is O=C(C[n+]1ccccc1)N/N=C\c1cc(Cl)cc([N+](=O)[O-])c1O.[Cl-]. The second-order valence-electron chi connectivity index (χ2n) is 4.46. The van der Waals surface area contributed by atoms with Crippen LogP contribution in [0.1, 0.15) is 5.56 Å². The van der Waals surface area contributed by atoms with Gasteiger partial charge in [-0.05, 0) is 6.07 Å². The molecule has 0 saturated heterocycles. The monoisotopic (exact) mass is 370 g/mol. The van der Waals surface area contributed by atoms with Gasteiger partial charge in [-0.25, -0.2) is 5.43 Å². The van der Waals surface area contributed by atoms with Gasteiger partial charge in [0.2, 0.25) is 12.3 Å². The molecular formula is C14H12Cl2N4O4. The van der Waals surface area contributed by atoms with Crippen molar-refractivity contribution >= 4 is 29.4 Å². The highest BCUT2D eigenvalue weighted by atomic mass is 35.5. The first-order valence-corrected chi connectivity index (χ1v) is 6.78. The molecule has 1 heterocycles. The standard InChI is InChI=1S/C14H11ClN4O4.ClH/c15-11-6-10(14(21)12(7-11)19(22)23)8-16-17-13(20)9-18-4-2-1-3-5-18;/h1-8H,9H2,(H-,16,17,20,21);1H. The highest BCUT2D eigenvalue weighted by Gasteiger charge is 2.17. The Bertz CT molecular complexity index is 769. The topological polar surface area (TPSA) is 109 Å². The normalized spacial score (nSPS) is 10.2. The number of amides is 1. The van der Waals surface area contributed by atoms with Gasteiger partial charge in [0.05, 0.1) is 11.1 Å². The number of nitro groups is 1. The molecule has 0 radical (unpaired) electrons. The van der Waals surface area contributed by atoms with Crippen LogP contribution in [-0.2, 0) is 11.3 Å². The maximum Gasteiger partial charge on any atom is 0.312 e. The highest BCUT2D eigenvalue weighted by Crippen LogP contribution is 2.32. The van der Waals surface area contributed by atoms with Crippen molar-refractivity contribution in [2.75, 3.05) is 0 Å². The van der Waals surface area contributed by atoms with Crippen molar-refractivity contribution in [3.8, 4) is 5.75 Å². The molecule has 0 aliphatic heterocycles. The molecule has 0 fully saturated rings. The summed E-state index contributed by atoms with van der Waals surface area (Å²) in [7, 11) is 0. The summed E-state index contributed by atoms with van der Waals surface area (Å²) in [5.74, 6) is -0.969. The summed E-state index contributed by atoms with van der Waals surface area (Å²) in [4.78, 5) is 21.7. The zero-order chi connectivity index (χ0) is 16.8. The summed E-state index contributed by atoms with van der Waals surface area (Å²) in [5, 5.41) is 24.3. The zero-order valence-corrected chi connectivity index (χ0v) is 13.6. The van der Waals surface area contributed by atoms with E-state index in [9.17, 15) is 20.0 Å². The Morgan fingerprint density at radius 1 is 1.38 bits per heavy atom. The molecule has 2 rings (SSSR count). The number of carbonyl (C=O) groups is 1. The van der Waals surface area contributed by atoms with Crippen LogP contribution in [-0.4, -0.2) is 22.2 Å². The summed E-state index contributed by atoms with van der Waals surface area (Å²) in [6.07, 6.45) is 4.52. The Kier molecular flexibility index (Phi) is 7.09. The van der Waals surface area contributed by atoms with Gasteiger partial charge < -0.3 is 17.5 Å². The number of pyridine rings is 1. The number of nitrogens with zero attached hydrogens (tertiary/aromatic N) is 3. The maximum atomic E-state index is 11.7. The fourth-order valence-electron chi connectivity index (χ4n) is 1.76. The number of hydrazone groups is 1. The molecule has 10 heteroatoms. The number of nitrogens with one attached hydrogen (secondary N) is 1. The number of phenolic OH excluding ortho intramolecular Hbond substituents is 1. The molecule has 8 nitrogen and oxygen atoms in total. The summed E-state index contributed by atoms with van der Waals surface area (Å²) >= 11 is 5.75. The fraction of sp³-hybridized carbons (Fsp3) is 0.0714. The van der Waals surface area contributed by atoms with Crippen molar-refractivity contribution in [3.63, 3.8) is 0 Å². The predicted octanol–water partition coefficient (Wildman–Crippen LogP) is -1.60. The number of halogens is 2. The Balaban J connectivity index is 0.00000288. The van der Waals surface area contributed by atoms with Crippen LogP contribution < -0.4 is 22.4 Å². The van der Waals surface area contributed by atoms with E-state index in [1.165, 1.54) is 6.07 Å². The molecule has 2 N–H and O–H groups in total. The summed E-state index contributed by atoms with van der Waals surface area (Å²) < 4.78 is 1.65. The average molecular weight is 371 g/mol. The van der Waals surface area contributed by atoms with E-state index in [2.05, 4.69) is 10.5 Å². The van der Waals surface area contributed by atoms with E-state index < -0.39 is 22.3 Å². The summed E-state index contributed by atoms with van der Waals surface area (Å²) in [6.45, 7) is 0.0554. The number of nitro benzene ring substituents is 1. The highest BCUT2D eigenvalue weighted by molar-refractivity contribution is 6.31. The number of phenols is 1. The van der Waals surface area contributed by atoms with Crippen molar-refractivity contribution in [3.05, 3.63) is 63.4 Å². The first-order chi connectivity index (χ1) is 11.0. The molecule has 1 aromatic heterocycles. The molecule has 24 heavy (non-hydrogen) atoms. The van der Waals surface area contributed by atoms with E-state index in [-0.39, 0.29) is 29.5 Å². The molecule has 0 aliphatic rings. The Morgan fingerprint density at radius 2 is 2.04 bits per heavy atom. The van der Waals surface area contributed by atoms with Gasteiger partial charge in [0.1, 0.15) is 0 Å². The lowest BCUT2D eigenvalue weighted by Gasteiger charge is -2.01. The van der Waals surface area contributed by atoms with Gasteiger partial charge in [-0.15, -0.1) is 0 Å². The minimum atomic E-state index is -0.761. The molecule has 0 unspecified atom stereocenters. The lowest BCUT2D eigenvalue weighted by Crippen LogP contribution is -3.00. The van der Waals surface area contributed by atoms with Gasteiger partial charge in [0.15, 0.2) is 12.4 Å². The van der Waals surface area contributed by atoms with Crippen LogP contribution in [0.3, 0.4) is 0 Å². The molecule has 126 valence electrons. The van der Waals surface area contributed by atoms with E-state index in [1.54, 1.807) is 29.1 Å². The summed E-state index contributed by atoms with van der Waals surface area (Å²) in [5.41, 5.74) is 1.75. The number of carbonyl (C=O) groups excluding carboxylic acids is 1. The van der Waals surface area contributed by atoms with Crippen LogP contribution in [0.5, 0.6) is 5.75 Å². The number of benzene rings is 1. The lowest BCUT2D eigenvalue weighted by atomic mass is 10.2. The van der Waals surface area contributed by atoms with E-state index in [1.807, 2.05) is 6.07 Å². The first kappa shape index (κ1) is 19.3. The molecule has 2 aromatic rings. The third-order valence-electron chi connectivity index (χ3n) is 2.78. The van der Waals surface area contributed by atoms with E-state index in [0.29, 0.717) is 0 Å². The number of aromatic hydroxyl groups is 1. The smallest absolute Gasteiger partial charge is 0.312 e. The lowest BCUT2D eigenvalue weighted by molar-refractivity contribution is -0.684. The number of hydrogen-bond acceptors (Lipinski definition) is 5. The van der Waals surface area contributed by atoms with Crippen LogP contribution in [0.15, 0.2) is 47.8 Å². The quantitative estimate of drug-likeness (QED) is 0.286. The van der Waals surface area contributed by atoms with E-state index in [0.717, 1.165) is 12.3 Å². The van der Waals surface area contributed by atoms with Gasteiger partial charge in [0.25, 0.3) is 0 Å². The van der Waals surface area contributed by atoms with Crippen LogP contribution >= 0.6 is 11.6 Å². The second-order valence-corrected chi connectivity index (χ2v) is 4.90. The molecule has 0 bridgehead atoms. The second kappa shape index (κ2) is 8.80. The van der Waals surface area contributed by atoms with Crippen molar-refractivity contribution in [2.45, 2.75) is 6.54 Å². The van der Waals surface area contributed by atoms with Crippen LogP contribution in [0.2, 0.25) is 5.02 Å². The first-order valence-electron chi connectivity index (χ1n) is 6.40. The van der Waals surface area contributed by atoms with Gasteiger partial charge in [-0.1, -0.05) is 17.7 Å². The van der Waals surface area contributed by atoms with Gasteiger partial charge in [-0.2, -0.15) is 9.67 Å². The van der Waals surface area contributed by atoms with Gasteiger partial charge in [-0.3, -0.25) is 14.9 Å². The zero-order valence-electron chi connectivity index (χ0n) is 12.1. The number of rotatable bonds is 5. The van der Waals surface area contributed by atoms with Crippen molar-refractivity contribution in [1.82, 2.24) is 5.43 Å². The minimum absolute atomic E-state index is 0. The largest absolute Gasteiger partial charge is 1.00 e. The minimum Gasteiger partial charge on any atom is -1.00 e. The van der Waals surface area contributed by atoms with E-state index in [4.69, 9.17) is 11.6 Å². The van der Waals surface area contributed by atoms with E-state index >= 15 is 0 Å². The Labute approximate surface area is 147 Å². The van der Waals surface area contributed by atoms with Crippen LogP contribution in [0.25, 0.3) is 0 Å². The van der Waals surface area contributed by atoms with Crippen LogP contribution in [0.4, 0.5) is 5.69 Å². The third-order valence-corrected chi connectivity index (χ3v) is 3.00. The number of hydrogen-bond donors (Lipinski definition) is 2. The number of aromatic nitrogens is 1. The Morgan fingerprint density at radius 3 is 2.67 bits per heavy atom. The molecule has 0 spiro atoms. The van der Waals surface area contributed by atoms with Gasteiger partial charge >= 0.3 is 11.6 Å². The molecule has 1 amide bonds. The van der Waals surface area contributed by atoms with Crippen LogP contribution in [0, 0.1) is 10.1 Å². The molecular weight excluding hydrogens is 359 g/mol. The maximum absolute atomic E-state index is 11.7. The van der Waals surface area contributed by atoms with Crippen molar-refractivity contribution in [2.24, 2.45) is 5.10 Å². The fourth-order valence-corrected chi connectivity index (χ4v) is 1.98. The molecule has 0 saturated carbocycles. The van der Waals surface area contributed by atoms with Gasteiger partial charge in [0, 0.05) is 28.8 Å². The Hall–Kier alpha value is -2.71. The third kappa shape index (κ3) is 5.18. The molecule has 0 atom stereocenters. The molecule has 1 aromatic carbocycles. The molecule has 0 aliphatic carbocycles. The average Bonchev–Trinajstić information content (AvgIpc) is 2.51. The summed E-state index contributed by atoms with van der Waals surface area (Å²) in [6, 6.07) is 7.70.